The van der Waals surface area contributed by atoms with E-state index in [-0.39, 0.29) is 18.0 Å². The van der Waals surface area contributed by atoms with Gasteiger partial charge in [-0.15, -0.1) is 0 Å². The number of carbonyl (C=O) groups excluding carboxylic acids is 2. The van der Waals surface area contributed by atoms with Crippen LogP contribution in [0.4, 0.5) is 4.79 Å². The van der Waals surface area contributed by atoms with Crippen molar-refractivity contribution in [2.75, 3.05) is 30.7 Å². The van der Waals surface area contributed by atoms with Crippen LogP contribution in [0.15, 0.2) is 54.6 Å². The van der Waals surface area contributed by atoms with Crippen molar-refractivity contribution in [3.05, 3.63) is 65.2 Å². The zero-order valence-electron chi connectivity index (χ0n) is 18.3. The molecule has 0 spiro atoms. The van der Waals surface area contributed by atoms with Crippen molar-refractivity contribution in [1.82, 2.24) is 14.8 Å². The summed E-state index contributed by atoms with van der Waals surface area (Å²) in [5.74, 6) is -0.0790. The second-order valence-corrected chi connectivity index (χ2v) is 9.52. The monoisotopic (exact) mass is 577 g/mol. The fraction of sp³-hybridized carbons (Fsp3) is 0.320. The molecular weight excluding hydrogens is 553 g/mol. The van der Waals surface area contributed by atoms with Gasteiger partial charge in [-0.05, 0) is 31.5 Å². The minimum atomic E-state index is -0.308. The topological polar surface area (TPSA) is 62.7 Å². The van der Waals surface area contributed by atoms with Crippen molar-refractivity contribution in [2.24, 2.45) is 0 Å². The van der Waals surface area contributed by atoms with Crippen LogP contribution in [0, 0.1) is 0 Å². The Morgan fingerprint density at radius 3 is 2.67 bits per heavy atom. The van der Waals surface area contributed by atoms with Gasteiger partial charge in [0.15, 0.2) is 0 Å². The smallest absolute Gasteiger partial charge is 0.410 e. The van der Waals surface area contributed by atoms with Crippen molar-refractivity contribution in [1.29, 1.82) is 0 Å². The SMILES string of the molecule is C[C@@H]1CN(C(=O)c2ccc3c(Cl)cc(-c4ccccc4)nc3c2)CCN1C(=O)OCCCI. The number of aromatic nitrogens is 1. The largest absolute Gasteiger partial charge is 0.449 e. The van der Waals surface area contributed by atoms with Crippen LogP contribution in [0.25, 0.3) is 22.2 Å². The number of hydrogen-bond donors (Lipinski definition) is 0. The Hall–Kier alpha value is -2.39. The van der Waals surface area contributed by atoms with E-state index in [4.69, 9.17) is 21.3 Å². The van der Waals surface area contributed by atoms with E-state index in [0.717, 1.165) is 27.5 Å². The van der Waals surface area contributed by atoms with Crippen molar-refractivity contribution >= 4 is 57.1 Å². The summed E-state index contributed by atoms with van der Waals surface area (Å²) >= 11 is 8.78. The van der Waals surface area contributed by atoms with E-state index in [1.165, 1.54) is 0 Å². The molecule has 8 heteroatoms. The number of hydrogen-bond acceptors (Lipinski definition) is 4. The first-order valence-electron chi connectivity index (χ1n) is 10.9. The Labute approximate surface area is 212 Å². The van der Waals surface area contributed by atoms with Gasteiger partial charge in [0, 0.05) is 46.6 Å². The van der Waals surface area contributed by atoms with Gasteiger partial charge in [-0.25, -0.2) is 9.78 Å². The quantitative estimate of drug-likeness (QED) is 0.223. The van der Waals surface area contributed by atoms with Gasteiger partial charge in [0.2, 0.25) is 0 Å². The Bertz CT molecular complexity index is 1160. The van der Waals surface area contributed by atoms with Crippen molar-refractivity contribution in [2.45, 2.75) is 19.4 Å². The molecule has 0 bridgehead atoms. The highest BCUT2D eigenvalue weighted by Crippen LogP contribution is 2.29. The number of halogens is 2. The minimum absolute atomic E-state index is 0.0790. The van der Waals surface area contributed by atoms with Gasteiger partial charge in [0.25, 0.3) is 5.91 Å². The van der Waals surface area contributed by atoms with Crippen LogP contribution in [-0.2, 0) is 4.74 Å². The van der Waals surface area contributed by atoms with E-state index in [1.54, 1.807) is 21.9 Å². The fourth-order valence-corrected chi connectivity index (χ4v) is 4.54. The van der Waals surface area contributed by atoms with Crippen LogP contribution in [0.2, 0.25) is 5.02 Å². The maximum atomic E-state index is 13.2. The number of fused-ring (bicyclic) bond motifs is 1. The number of piperazine rings is 1. The third-order valence-electron chi connectivity index (χ3n) is 5.73. The standard InChI is InChI=1S/C25H25ClIN3O3/c1-17-16-29(11-12-30(17)25(32)33-13-5-10-27)24(31)19-8-9-20-21(26)15-22(28-23(20)14-19)18-6-3-2-4-7-18/h2-4,6-9,14-15,17H,5,10-13,16H2,1H3/t17-/m1/s1. The molecular formula is C25H25ClIN3O3. The molecule has 0 unspecified atom stereocenters. The van der Waals surface area contributed by atoms with Gasteiger partial charge >= 0.3 is 6.09 Å². The van der Waals surface area contributed by atoms with Crippen LogP contribution in [0.5, 0.6) is 0 Å². The van der Waals surface area contributed by atoms with E-state index in [0.29, 0.717) is 42.3 Å². The summed E-state index contributed by atoms with van der Waals surface area (Å²) in [6.45, 7) is 3.72. The first-order valence-corrected chi connectivity index (χ1v) is 12.8. The molecule has 4 rings (SSSR count). The summed E-state index contributed by atoms with van der Waals surface area (Å²) in [5, 5.41) is 1.40. The highest BCUT2D eigenvalue weighted by molar-refractivity contribution is 14.1. The number of alkyl halides is 1. The van der Waals surface area contributed by atoms with E-state index < -0.39 is 0 Å². The van der Waals surface area contributed by atoms with Crippen LogP contribution in [0.1, 0.15) is 23.7 Å². The van der Waals surface area contributed by atoms with Crippen LogP contribution in [0.3, 0.4) is 0 Å². The summed E-state index contributed by atoms with van der Waals surface area (Å²) in [7, 11) is 0. The van der Waals surface area contributed by atoms with Crippen molar-refractivity contribution < 1.29 is 14.3 Å². The Morgan fingerprint density at radius 2 is 1.94 bits per heavy atom. The first kappa shape index (κ1) is 23.8. The number of amides is 2. The lowest BCUT2D eigenvalue weighted by molar-refractivity contribution is 0.0413. The summed E-state index contributed by atoms with van der Waals surface area (Å²) in [6, 6.07) is 17.0. The predicted octanol–water partition coefficient (Wildman–Crippen LogP) is 5.66. The molecule has 0 saturated carbocycles. The summed E-state index contributed by atoms with van der Waals surface area (Å²) < 4.78 is 6.28. The summed E-state index contributed by atoms with van der Waals surface area (Å²) in [6.07, 6.45) is 0.530. The lowest BCUT2D eigenvalue weighted by Crippen LogP contribution is -2.55. The van der Waals surface area contributed by atoms with Crippen LogP contribution < -0.4 is 0 Å². The normalized spacial score (nSPS) is 16.2. The highest BCUT2D eigenvalue weighted by Gasteiger charge is 2.31. The number of rotatable bonds is 5. The fourth-order valence-electron chi connectivity index (χ4n) is 3.97. The van der Waals surface area contributed by atoms with Gasteiger partial charge in [0.1, 0.15) is 0 Å². The molecule has 3 aromatic rings. The van der Waals surface area contributed by atoms with E-state index in [9.17, 15) is 9.59 Å². The molecule has 1 aromatic heterocycles. The summed E-state index contributed by atoms with van der Waals surface area (Å²) in [4.78, 5) is 33.8. The second kappa shape index (κ2) is 10.7. The third-order valence-corrected chi connectivity index (χ3v) is 6.80. The molecule has 6 nitrogen and oxygen atoms in total. The van der Waals surface area contributed by atoms with E-state index >= 15 is 0 Å². The lowest BCUT2D eigenvalue weighted by atomic mass is 10.1. The molecule has 1 saturated heterocycles. The Kier molecular flexibility index (Phi) is 7.70. The molecule has 0 aliphatic carbocycles. The van der Waals surface area contributed by atoms with E-state index in [1.807, 2.05) is 49.4 Å². The van der Waals surface area contributed by atoms with Crippen molar-refractivity contribution in [3.63, 3.8) is 0 Å². The Morgan fingerprint density at radius 1 is 1.15 bits per heavy atom. The molecule has 0 radical (unpaired) electrons. The molecule has 1 atom stereocenters. The number of benzene rings is 2. The molecule has 2 aromatic carbocycles. The molecule has 33 heavy (non-hydrogen) atoms. The molecule has 0 N–H and O–H groups in total. The molecule has 172 valence electrons. The summed E-state index contributed by atoms with van der Waals surface area (Å²) in [5.41, 5.74) is 2.97. The molecule has 2 amide bonds. The second-order valence-electron chi connectivity index (χ2n) is 8.04. The molecule has 1 fully saturated rings. The third kappa shape index (κ3) is 5.41. The maximum absolute atomic E-state index is 13.2. The highest BCUT2D eigenvalue weighted by atomic mass is 127. The molecule has 1 aliphatic rings. The lowest BCUT2D eigenvalue weighted by Gasteiger charge is -2.39. The zero-order chi connectivity index (χ0) is 23.4. The number of ether oxygens (including phenoxy) is 1. The van der Waals surface area contributed by atoms with Gasteiger partial charge in [-0.1, -0.05) is 70.6 Å². The maximum Gasteiger partial charge on any atom is 0.410 e. The predicted molar refractivity (Wildman–Crippen MR) is 139 cm³/mol. The van der Waals surface area contributed by atoms with Gasteiger partial charge in [-0.3, -0.25) is 4.79 Å². The van der Waals surface area contributed by atoms with Gasteiger partial charge in [0.05, 0.1) is 22.8 Å². The number of carbonyl (C=O) groups is 2. The van der Waals surface area contributed by atoms with Crippen molar-refractivity contribution in [3.8, 4) is 11.3 Å². The Balaban J connectivity index is 1.51. The molecule has 1 aliphatic heterocycles. The number of nitrogens with zero attached hydrogens (tertiary/aromatic N) is 3. The van der Waals surface area contributed by atoms with E-state index in [2.05, 4.69) is 22.6 Å². The zero-order valence-corrected chi connectivity index (χ0v) is 21.3. The average Bonchev–Trinajstić information content (AvgIpc) is 2.83. The molecule has 2 heterocycles. The minimum Gasteiger partial charge on any atom is -0.449 e. The average molecular weight is 578 g/mol. The first-order chi connectivity index (χ1) is 16.0. The van der Waals surface area contributed by atoms with Crippen LogP contribution in [-0.4, -0.2) is 63.5 Å². The van der Waals surface area contributed by atoms with Crippen LogP contribution >= 0.6 is 34.2 Å². The van der Waals surface area contributed by atoms with Gasteiger partial charge in [-0.2, -0.15) is 0 Å². The number of pyridine rings is 1. The van der Waals surface area contributed by atoms with Gasteiger partial charge < -0.3 is 14.5 Å².